The van der Waals surface area contributed by atoms with Crippen molar-refractivity contribution >= 4 is 11.9 Å². The molecule has 2 N–H and O–H groups in total. The van der Waals surface area contributed by atoms with Gasteiger partial charge in [0, 0.05) is 6.20 Å². The van der Waals surface area contributed by atoms with Gasteiger partial charge in [0.15, 0.2) is 0 Å². The molecule has 1 aromatic rings. The van der Waals surface area contributed by atoms with E-state index in [9.17, 15) is 22.8 Å². The monoisotopic (exact) mass is 292 g/mol. The highest BCUT2D eigenvalue weighted by Crippen LogP contribution is 2.19. The van der Waals surface area contributed by atoms with Gasteiger partial charge in [-0.15, -0.1) is 0 Å². The second-order valence-corrected chi connectivity index (χ2v) is 4.29. The van der Waals surface area contributed by atoms with Crippen LogP contribution in [0.15, 0.2) is 18.3 Å². The number of amides is 1. The summed E-state index contributed by atoms with van der Waals surface area (Å²) < 4.78 is 37.7. The van der Waals surface area contributed by atoms with Crippen LogP contribution in [-0.2, 0) is 11.3 Å². The largest absolute Gasteiger partial charge is 0.480 e. The summed E-state index contributed by atoms with van der Waals surface area (Å²) in [4.78, 5) is 22.7. The number of rotatable bonds is 6. The van der Waals surface area contributed by atoms with Crippen molar-refractivity contribution in [3.63, 3.8) is 0 Å². The Kier molecular flexibility index (Phi) is 5.18. The summed E-state index contributed by atoms with van der Waals surface area (Å²) in [5, 5.41) is 11.1. The Labute approximate surface area is 113 Å². The maximum atomic E-state index is 12.3. The first-order chi connectivity index (χ1) is 9.24. The fourth-order valence-corrected chi connectivity index (χ4v) is 1.73. The number of carboxylic acid groups (broad SMARTS) is 1. The Morgan fingerprint density at radius 3 is 2.60 bits per heavy atom. The van der Waals surface area contributed by atoms with Gasteiger partial charge in [-0.05, 0) is 18.6 Å². The maximum Gasteiger partial charge on any atom is 0.406 e. The Bertz CT molecular complexity index is 483. The van der Waals surface area contributed by atoms with Crippen molar-refractivity contribution in [2.45, 2.75) is 38.5 Å². The van der Waals surface area contributed by atoms with Crippen molar-refractivity contribution in [1.29, 1.82) is 0 Å². The van der Waals surface area contributed by atoms with Crippen LogP contribution in [0.1, 0.15) is 30.3 Å². The summed E-state index contributed by atoms with van der Waals surface area (Å²) in [7, 11) is 0. The Hall–Kier alpha value is -1.99. The summed E-state index contributed by atoms with van der Waals surface area (Å²) in [5.41, 5.74) is -0.218. The molecule has 1 rings (SSSR count). The minimum absolute atomic E-state index is 0.209. The predicted molar refractivity (Wildman–Crippen MR) is 64.3 cm³/mol. The molecule has 0 bridgehead atoms. The highest BCUT2D eigenvalue weighted by atomic mass is 19.4. The van der Waals surface area contributed by atoms with Gasteiger partial charge in [0.1, 0.15) is 18.3 Å². The molecule has 5 nitrogen and oxygen atoms in total. The summed E-state index contributed by atoms with van der Waals surface area (Å²) in [6, 6.07) is 1.41. The minimum Gasteiger partial charge on any atom is -0.480 e. The van der Waals surface area contributed by atoms with Gasteiger partial charge in [-0.25, -0.2) is 4.79 Å². The van der Waals surface area contributed by atoms with Crippen molar-refractivity contribution in [2.75, 3.05) is 0 Å². The molecule has 1 unspecified atom stereocenters. The summed E-state index contributed by atoms with van der Waals surface area (Å²) in [6.07, 6.45) is -2.59. The van der Waals surface area contributed by atoms with Gasteiger partial charge in [0.25, 0.3) is 5.91 Å². The van der Waals surface area contributed by atoms with E-state index in [0.29, 0.717) is 6.42 Å². The van der Waals surface area contributed by atoms with E-state index in [4.69, 9.17) is 5.11 Å². The van der Waals surface area contributed by atoms with Gasteiger partial charge < -0.3 is 15.0 Å². The number of carbonyl (C=O) groups excluding carboxylic acids is 1. The second-order valence-electron chi connectivity index (χ2n) is 4.29. The zero-order valence-corrected chi connectivity index (χ0v) is 10.8. The van der Waals surface area contributed by atoms with Crippen LogP contribution >= 0.6 is 0 Å². The highest BCUT2D eigenvalue weighted by molar-refractivity contribution is 5.95. The average molecular weight is 292 g/mol. The lowest BCUT2D eigenvalue weighted by atomic mass is 10.1. The maximum absolute atomic E-state index is 12.3. The molecule has 1 aromatic heterocycles. The second kappa shape index (κ2) is 6.44. The first-order valence-electron chi connectivity index (χ1n) is 6.00. The quantitative estimate of drug-likeness (QED) is 0.842. The highest BCUT2D eigenvalue weighted by Gasteiger charge is 2.30. The van der Waals surface area contributed by atoms with E-state index in [1.165, 1.54) is 12.1 Å². The number of aromatic nitrogens is 1. The van der Waals surface area contributed by atoms with Crippen molar-refractivity contribution in [1.82, 2.24) is 9.88 Å². The first-order valence-corrected chi connectivity index (χ1v) is 6.00. The third-order valence-corrected chi connectivity index (χ3v) is 2.59. The van der Waals surface area contributed by atoms with Crippen molar-refractivity contribution < 1.29 is 27.9 Å². The molecule has 112 valence electrons. The number of halogens is 3. The van der Waals surface area contributed by atoms with Crippen LogP contribution in [0.5, 0.6) is 0 Å². The molecule has 0 spiro atoms. The number of hydrogen-bond acceptors (Lipinski definition) is 2. The smallest absolute Gasteiger partial charge is 0.406 e. The lowest BCUT2D eigenvalue weighted by Crippen LogP contribution is -2.41. The van der Waals surface area contributed by atoms with Crippen LogP contribution in [0.3, 0.4) is 0 Å². The van der Waals surface area contributed by atoms with E-state index < -0.39 is 30.6 Å². The van der Waals surface area contributed by atoms with E-state index in [0.717, 1.165) is 10.8 Å². The molecule has 1 atom stereocenters. The fourth-order valence-electron chi connectivity index (χ4n) is 1.73. The Morgan fingerprint density at radius 1 is 1.45 bits per heavy atom. The third-order valence-electron chi connectivity index (χ3n) is 2.59. The molecule has 20 heavy (non-hydrogen) atoms. The van der Waals surface area contributed by atoms with Gasteiger partial charge in [-0.3, -0.25) is 4.79 Å². The molecule has 0 radical (unpaired) electrons. The van der Waals surface area contributed by atoms with Crippen LogP contribution < -0.4 is 5.32 Å². The summed E-state index contributed by atoms with van der Waals surface area (Å²) >= 11 is 0. The Morgan fingerprint density at radius 2 is 2.10 bits per heavy atom. The predicted octanol–water partition coefficient (Wildman–Crippen LogP) is 2.03. The number of hydrogen-bond donors (Lipinski definition) is 2. The summed E-state index contributed by atoms with van der Waals surface area (Å²) in [5.74, 6) is -2.05. The lowest BCUT2D eigenvalue weighted by molar-refractivity contribution is -0.141. The third kappa shape index (κ3) is 4.60. The van der Waals surface area contributed by atoms with Crippen LogP contribution in [0.2, 0.25) is 0 Å². The van der Waals surface area contributed by atoms with Gasteiger partial charge in [-0.2, -0.15) is 13.2 Å². The lowest BCUT2D eigenvalue weighted by Gasteiger charge is -2.15. The van der Waals surface area contributed by atoms with Crippen molar-refractivity contribution in [3.05, 3.63) is 24.0 Å². The van der Waals surface area contributed by atoms with Gasteiger partial charge >= 0.3 is 12.1 Å². The number of alkyl halides is 3. The fraction of sp³-hybridized carbons (Fsp3) is 0.500. The molecule has 8 heteroatoms. The number of carboxylic acids is 1. The van der Waals surface area contributed by atoms with E-state index in [2.05, 4.69) is 5.32 Å². The minimum atomic E-state index is -4.45. The van der Waals surface area contributed by atoms with E-state index in [1.807, 2.05) is 0 Å². The molecule has 0 saturated heterocycles. The molecule has 0 aliphatic carbocycles. The number of carbonyl (C=O) groups is 2. The molecule has 0 aliphatic rings. The topological polar surface area (TPSA) is 71.3 Å². The average Bonchev–Trinajstić information content (AvgIpc) is 2.73. The van der Waals surface area contributed by atoms with E-state index in [-0.39, 0.29) is 12.1 Å². The van der Waals surface area contributed by atoms with Crippen LogP contribution in [0, 0.1) is 0 Å². The molecule has 1 amide bonds. The SMILES string of the molecule is CCCC(NC(=O)c1cccn1CC(F)(F)F)C(=O)O. The van der Waals surface area contributed by atoms with E-state index in [1.54, 1.807) is 6.92 Å². The molecule has 0 aromatic carbocycles. The van der Waals surface area contributed by atoms with Gasteiger partial charge in [0.05, 0.1) is 0 Å². The molecule has 0 fully saturated rings. The molecular weight excluding hydrogens is 277 g/mol. The zero-order chi connectivity index (χ0) is 15.3. The van der Waals surface area contributed by atoms with Gasteiger partial charge in [0.2, 0.25) is 0 Å². The molecule has 0 aliphatic heterocycles. The van der Waals surface area contributed by atoms with E-state index >= 15 is 0 Å². The van der Waals surface area contributed by atoms with Crippen LogP contribution in [0.25, 0.3) is 0 Å². The first kappa shape index (κ1) is 16.1. The molecule has 0 saturated carbocycles. The molecule has 1 heterocycles. The number of nitrogens with zero attached hydrogens (tertiary/aromatic N) is 1. The van der Waals surface area contributed by atoms with Crippen LogP contribution in [-0.4, -0.2) is 33.8 Å². The number of nitrogens with one attached hydrogen (secondary N) is 1. The standard InChI is InChI=1S/C12H15F3N2O3/c1-2-4-8(11(19)20)16-10(18)9-5-3-6-17(9)7-12(13,14)15/h3,5-6,8H,2,4,7H2,1H3,(H,16,18)(H,19,20). The number of aliphatic carboxylic acids is 1. The van der Waals surface area contributed by atoms with Gasteiger partial charge in [-0.1, -0.05) is 13.3 Å². The van der Waals surface area contributed by atoms with Crippen LogP contribution in [0.4, 0.5) is 13.2 Å². The normalized spacial score (nSPS) is 13.0. The van der Waals surface area contributed by atoms with Crippen molar-refractivity contribution in [2.24, 2.45) is 0 Å². The summed E-state index contributed by atoms with van der Waals surface area (Å²) in [6.45, 7) is 0.447. The van der Waals surface area contributed by atoms with Crippen molar-refractivity contribution in [3.8, 4) is 0 Å². The Balaban J connectivity index is 2.82. The molecular formula is C12H15F3N2O3. The zero-order valence-electron chi connectivity index (χ0n) is 10.8.